The third kappa shape index (κ3) is 3.92. The third-order valence-electron chi connectivity index (χ3n) is 7.16. The maximum Gasteiger partial charge on any atom is 0.410 e. The van der Waals surface area contributed by atoms with Gasteiger partial charge in [0.25, 0.3) is 0 Å². The first-order valence-corrected chi connectivity index (χ1v) is 12.0. The van der Waals surface area contributed by atoms with E-state index in [0.717, 1.165) is 12.8 Å². The number of nitrogens with zero attached hydrogens (tertiary/aromatic N) is 2. The Bertz CT molecular complexity index is 1050. The van der Waals surface area contributed by atoms with Crippen molar-refractivity contribution in [3.8, 4) is 11.1 Å². The van der Waals surface area contributed by atoms with Crippen molar-refractivity contribution in [1.82, 2.24) is 9.80 Å². The summed E-state index contributed by atoms with van der Waals surface area (Å²) < 4.78 is 11.5. The quantitative estimate of drug-likeness (QED) is 0.729. The molecule has 0 unspecified atom stereocenters. The van der Waals surface area contributed by atoms with Crippen LogP contribution in [0.3, 0.4) is 0 Å². The van der Waals surface area contributed by atoms with Gasteiger partial charge in [0.1, 0.15) is 12.2 Å². The number of piperazine rings is 1. The molecule has 2 aliphatic heterocycles. The third-order valence-corrected chi connectivity index (χ3v) is 7.16. The average Bonchev–Trinajstić information content (AvgIpc) is 3.30. The summed E-state index contributed by atoms with van der Waals surface area (Å²) in [6.07, 6.45) is 0.664. The van der Waals surface area contributed by atoms with E-state index in [1.807, 2.05) is 45.0 Å². The van der Waals surface area contributed by atoms with Gasteiger partial charge in [0, 0.05) is 12.5 Å². The molecule has 2 fully saturated rings. The molecule has 3 aliphatic rings. The Morgan fingerprint density at radius 1 is 0.971 bits per heavy atom. The van der Waals surface area contributed by atoms with Crippen LogP contribution < -0.4 is 0 Å². The SMILES string of the molecule is CC(C)(C)OC(=O)N1C[C@@H]2CC[C@H]([C@@H]1CO)N2C(=O)OCC1c2ccccc2-c2ccccc21. The second kappa shape index (κ2) is 8.62. The number of benzene rings is 2. The Morgan fingerprint density at radius 2 is 1.59 bits per heavy atom. The summed E-state index contributed by atoms with van der Waals surface area (Å²) in [5, 5.41) is 10.1. The van der Waals surface area contributed by atoms with Gasteiger partial charge in [-0.05, 0) is 55.9 Å². The minimum absolute atomic E-state index is 0.00862. The highest BCUT2D eigenvalue weighted by atomic mass is 16.6. The first kappa shape index (κ1) is 22.7. The Balaban J connectivity index is 1.31. The van der Waals surface area contributed by atoms with Crippen molar-refractivity contribution in [3.05, 3.63) is 59.7 Å². The van der Waals surface area contributed by atoms with Crippen molar-refractivity contribution in [3.63, 3.8) is 0 Å². The average molecular weight is 465 g/mol. The topological polar surface area (TPSA) is 79.3 Å². The Labute approximate surface area is 200 Å². The second-order valence-electron chi connectivity index (χ2n) is 10.4. The summed E-state index contributed by atoms with van der Waals surface area (Å²) in [4.78, 5) is 29.4. The predicted octanol–water partition coefficient (Wildman–Crippen LogP) is 4.38. The molecule has 2 heterocycles. The molecule has 3 atom stereocenters. The number of rotatable bonds is 3. The van der Waals surface area contributed by atoms with E-state index in [2.05, 4.69) is 24.3 Å². The fourth-order valence-corrected chi connectivity index (χ4v) is 5.74. The summed E-state index contributed by atoms with van der Waals surface area (Å²) in [7, 11) is 0. The molecule has 0 radical (unpaired) electrons. The molecule has 180 valence electrons. The van der Waals surface area contributed by atoms with Crippen molar-refractivity contribution >= 4 is 12.2 Å². The molecule has 1 N–H and O–H groups in total. The van der Waals surface area contributed by atoms with E-state index in [4.69, 9.17) is 9.47 Å². The zero-order valence-corrected chi connectivity index (χ0v) is 19.9. The highest BCUT2D eigenvalue weighted by molar-refractivity contribution is 5.79. The van der Waals surface area contributed by atoms with Gasteiger partial charge >= 0.3 is 12.2 Å². The van der Waals surface area contributed by atoms with Gasteiger partial charge in [-0.2, -0.15) is 0 Å². The molecular weight excluding hydrogens is 432 g/mol. The number of ether oxygens (including phenoxy) is 2. The van der Waals surface area contributed by atoms with Crippen LogP contribution >= 0.6 is 0 Å². The zero-order chi connectivity index (χ0) is 24.0. The zero-order valence-electron chi connectivity index (χ0n) is 19.9. The Morgan fingerprint density at radius 3 is 2.18 bits per heavy atom. The monoisotopic (exact) mass is 464 g/mol. The molecular formula is C27H32N2O5. The largest absolute Gasteiger partial charge is 0.448 e. The van der Waals surface area contributed by atoms with E-state index < -0.39 is 17.7 Å². The molecule has 5 rings (SSSR count). The molecule has 1 aliphatic carbocycles. The summed E-state index contributed by atoms with van der Waals surface area (Å²) in [5.74, 6) is -0.00862. The van der Waals surface area contributed by atoms with Crippen LogP contribution in [0.2, 0.25) is 0 Å². The van der Waals surface area contributed by atoms with Crippen LogP contribution in [-0.4, -0.2) is 70.6 Å². The maximum atomic E-state index is 13.3. The Hall–Kier alpha value is -3.06. The van der Waals surface area contributed by atoms with E-state index in [1.165, 1.54) is 22.3 Å². The standard InChI is InChI=1S/C27H32N2O5/c1-27(2,3)34-25(31)28-14-17-12-13-23(24(28)15-30)29(17)26(32)33-16-22-20-10-6-4-8-18(20)19-9-5-7-11-21(19)22/h4-11,17,22-24,30H,12-16H2,1-3H3/t17-,23+,24-/m0/s1. The van der Waals surface area contributed by atoms with E-state index in [-0.39, 0.29) is 37.3 Å². The highest BCUT2D eigenvalue weighted by Crippen LogP contribution is 2.45. The Kier molecular flexibility index (Phi) is 5.76. The number of carbonyl (C=O) groups is 2. The van der Waals surface area contributed by atoms with E-state index >= 15 is 0 Å². The number of aliphatic hydroxyl groups excluding tert-OH is 1. The van der Waals surface area contributed by atoms with E-state index in [0.29, 0.717) is 6.54 Å². The van der Waals surface area contributed by atoms with Gasteiger partial charge in [-0.15, -0.1) is 0 Å². The molecule has 2 aromatic rings. The first-order chi connectivity index (χ1) is 16.3. The van der Waals surface area contributed by atoms with Crippen LogP contribution in [0.1, 0.15) is 50.7 Å². The van der Waals surface area contributed by atoms with Crippen LogP contribution in [0.25, 0.3) is 11.1 Å². The van der Waals surface area contributed by atoms with E-state index in [1.54, 1.807) is 9.80 Å². The lowest BCUT2D eigenvalue weighted by atomic mass is 9.98. The normalized spacial score (nSPS) is 23.5. The molecule has 2 aromatic carbocycles. The highest BCUT2D eigenvalue weighted by Gasteiger charge is 2.51. The number of fused-ring (bicyclic) bond motifs is 5. The van der Waals surface area contributed by atoms with Crippen molar-refractivity contribution in [2.45, 2.75) is 63.3 Å². The smallest absolute Gasteiger partial charge is 0.410 e. The number of amides is 2. The van der Waals surface area contributed by atoms with Crippen LogP contribution in [0.5, 0.6) is 0 Å². The van der Waals surface area contributed by atoms with Gasteiger partial charge in [0.05, 0.1) is 24.7 Å². The minimum atomic E-state index is -0.625. The van der Waals surface area contributed by atoms with Gasteiger partial charge in [-0.3, -0.25) is 9.80 Å². The lowest BCUT2D eigenvalue weighted by molar-refractivity contribution is -0.0332. The van der Waals surface area contributed by atoms with Crippen molar-refractivity contribution in [2.24, 2.45) is 0 Å². The van der Waals surface area contributed by atoms with Crippen molar-refractivity contribution in [1.29, 1.82) is 0 Å². The summed E-state index contributed by atoms with van der Waals surface area (Å²) in [6, 6.07) is 15.6. The summed E-state index contributed by atoms with van der Waals surface area (Å²) >= 11 is 0. The number of hydrogen-bond acceptors (Lipinski definition) is 5. The minimum Gasteiger partial charge on any atom is -0.448 e. The van der Waals surface area contributed by atoms with Crippen LogP contribution in [-0.2, 0) is 9.47 Å². The molecule has 34 heavy (non-hydrogen) atoms. The van der Waals surface area contributed by atoms with Crippen LogP contribution in [0, 0.1) is 0 Å². The van der Waals surface area contributed by atoms with Crippen LogP contribution in [0.4, 0.5) is 9.59 Å². The molecule has 2 bridgehead atoms. The lowest BCUT2D eigenvalue weighted by Crippen LogP contribution is -2.64. The van der Waals surface area contributed by atoms with Crippen LogP contribution in [0.15, 0.2) is 48.5 Å². The van der Waals surface area contributed by atoms with Gasteiger partial charge < -0.3 is 14.6 Å². The summed E-state index contributed by atoms with van der Waals surface area (Å²) in [5.41, 5.74) is 4.08. The number of carbonyl (C=O) groups excluding carboxylic acids is 2. The molecule has 7 heteroatoms. The molecule has 7 nitrogen and oxygen atoms in total. The number of hydrogen-bond donors (Lipinski definition) is 1. The molecule has 2 amide bonds. The van der Waals surface area contributed by atoms with Gasteiger partial charge in [0.15, 0.2) is 0 Å². The van der Waals surface area contributed by atoms with Gasteiger partial charge in [-0.1, -0.05) is 48.5 Å². The fourth-order valence-electron chi connectivity index (χ4n) is 5.74. The predicted molar refractivity (Wildman–Crippen MR) is 128 cm³/mol. The molecule has 0 saturated carbocycles. The van der Waals surface area contributed by atoms with Gasteiger partial charge in [0.2, 0.25) is 0 Å². The second-order valence-corrected chi connectivity index (χ2v) is 10.4. The lowest BCUT2D eigenvalue weighted by Gasteiger charge is -2.45. The number of likely N-dealkylation sites (tertiary alicyclic amines) is 1. The first-order valence-electron chi connectivity index (χ1n) is 12.0. The summed E-state index contributed by atoms with van der Waals surface area (Å²) in [6.45, 7) is 5.81. The molecule has 0 spiro atoms. The van der Waals surface area contributed by atoms with E-state index in [9.17, 15) is 14.7 Å². The maximum absolute atomic E-state index is 13.3. The fraction of sp³-hybridized carbons (Fsp3) is 0.481. The number of aliphatic hydroxyl groups is 1. The van der Waals surface area contributed by atoms with Gasteiger partial charge in [-0.25, -0.2) is 9.59 Å². The van der Waals surface area contributed by atoms with Crippen molar-refractivity contribution < 1.29 is 24.2 Å². The molecule has 0 aromatic heterocycles. The molecule has 2 saturated heterocycles. The van der Waals surface area contributed by atoms with Crippen molar-refractivity contribution in [2.75, 3.05) is 19.8 Å².